The highest BCUT2D eigenvalue weighted by molar-refractivity contribution is 7.90. The molecule has 2 aliphatic heterocycles. The lowest BCUT2D eigenvalue weighted by Crippen LogP contribution is -2.59. The van der Waals surface area contributed by atoms with Crippen LogP contribution < -0.4 is 10.6 Å². The zero-order valence-corrected chi connectivity index (χ0v) is 24.0. The van der Waals surface area contributed by atoms with E-state index in [1.165, 1.54) is 67.7 Å². The number of hydrogen-bond donors (Lipinski definition) is 2. The van der Waals surface area contributed by atoms with Gasteiger partial charge in [0, 0.05) is 50.5 Å². The molecule has 3 aromatic rings. The molecule has 1 saturated heterocycles. The number of hydrazine groups is 1. The van der Waals surface area contributed by atoms with Gasteiger partial charge in [0.25, 0.3) is 0 Å². The number of piperazine rings is 1. The van der Waals surface area contributed by atoms with Crippen LogP contribution in [-0.4, -0.2) is 73.8 Å². The van der Waals surface area contributed by atoms with Gasteiger partial charge in [-0.15, -0.1) is 0 Å². The Morgan fingerprint density at radius 3 is 2.14 bits per heavy atom. The summed E-state index contributed by atoms with van der Waals surface area (Å²) in [6, 6.07) is 12.6. The van der Waals surface area contributed by atoms with Gasteiger partial charge < -0.3 is 10.6 Å². The van der Waals surface area contributed by atoms with Crippen LogP contribution in [0.4, 0.5) is 23.2 Å². The summed E-state index contributed by atoms with van der Waals surface area (Å²) in [7, 11) is -3.58. The van der Waals surface area contributed by atoms with Crippen LogP contribution in [0.3, 0.4) is 0 Å². The summed E-state index contributed by atoms with van der Waals surface area (Å²) in [5.74, 6) is -2.06. The van der Waals surface area contributed by atoms with Gasteiger partial charge in [-0.1, -0.05) is 24.3 Å². The summed E-state index contributed by atoms with van der Waals surface area (Å²) < 4.78 is 83.0. The number of benzene rings is 2. The summed E-state index contributed by atoms with van der Waals surface area (Å²) in [6.45, 7) is 2.66. The fourth-order valence-corrected chi connectivity index (χ4v) is 5.70. The number of anilines is 1. The maximum atomic E-state index is 14.9. The highest BCUT2D eigenvalue weighted by Crippen LogP contribution is 2.47. The van der Waals surface area contributed by atoms with Crippen LogP contribution in [0.2, 0.25) is 0 Å². The van der Waals surface area contributed by atoms with Crippen LogP contribution in [0.25, 0.3) is 11.3 Å². The Balaban J connectivity index is 1.81. The molecule has 1 aromatic heterocycles. The molecule has 1 atom stereocenters. The number of nitrogens with zero attached hydrogens (tertiary/aromatic N) is 4. The van der Waals surface area contributed by atoms with E-state index in [0.29, 0.717) is 29.9 Å². The van der Waals surface area contributed by atoms with E-state index in [4.69, 9.17) is 0 Å². The fourth-order valence-electron chi connectivity index (χ4n) is 5.07. The fraction of sp³-hybridized carbons (Fsp3) is 0.276. The van der Waals surface area contributed by atoms with Crippen molar-refractivity contribution in [1.82, 2.24) is 20.3 Å². The number of aromatic nitrogens is 1. The van der Waals surface area contributed by atoms with Gasteiger partial charge in [0.05, 0.1) is 28.2 Å². The number of pyridine rings is 1. The Kier molecular flexibility index (Phi) is 8.36. The van der Waals surface area contributed by atoms with E-state index in [2.05, 4.69) is 20.6 Å². The summed E-state index contributed by atoms with van der Waals surface area (Å²) in [5, 5.41) is 8.40. The van der Waals surface area contributed by atoms with Crippen LogP contribution in [0.5, 0.6) is 0 Å². The largest absolute Gasteiger partial charge is 0.450 e. The molecule has 3 heterocycles. The second kappa shape index (κ2) is 11.9. The third kappa shape index (κ3) is 6.60. The average Bonchev–Trinajstić information content (AvgIpc) is 2.96. The van der Waals surface area contributed by atoms with E-state index in [-0.39, 0.29) is 40.8 Å². The first-order valence-corrected chi connectivity index (χ1v) is 15.2. The summed E-state index contributed by atoms with van der Waals surface area (Å²) in [5.41, 5.74) is 1.43. The molecular weight excluding hydrogens is 588 g/mol. The zero-order valence-electron chi connectivity index (χ0n) is 23.2. The quantitative estimate of drug-likeness (QED) is 0.398. The Hall–Kier alpha value is -4.14. The van der Waals surface area contributed by atoms with Crippen molar-refractivity contribution in [2.75, 3.05) is 37.8 Å². The predicted octanol–water partition coefficient (Wildman–Crippen LogP) is 4.29. The third-order valence-corrected chi connectivity index (χ3v) is 8.09. The summed E-state index contributed by atoms with van der Waals surface area (Å²) in [4.78, 5) is 20.2. The number of sulfone groups is 1. The molecule has 14 heteroatoms. The maximum Gasteiger partial charge on any atom is 0.450 e. The molecule has 0 saturated carbocycles. The molecule has 2 aliphatic rings. The minimum Gasteiger partial charge on any atom is -0.325 e. The minimum absolute atomic E-state index is 0.00904. The molecular formula is C29H28F4N6O3S. The predicted molar refractivity (Wildman–Crippen MR) is 154 cm³/mol. The monoisotopic (exact) mass is 616 g/mol. The number of carbonyl (C=O) groups excluding carboxylic acids is 1. The van der Waals surface area contributed by atoms with Crippen LogP contribution in [0.1, 0.15) is 29.8 Å². The second-order valence-corrected chi connectivity index (χ2v) is 12.1. The third-order valence-electron chi connectivity index (χ3n) is 6.96. The number of halogens is 4. The van der Waals surface area contributed by atoms with Crippen molar-refractivity contribution in [1.29, 1.82) is 0 Å². The Bertz CT molecular complexity index is 1670. The molecule has 0 spiro atoms. The van der Waals surface area contributed by atoms with Gasteiger partial charge in [0.2, 0.25) is 11.7 Å². The molecule has 1 amide bonds. The Morgan fingerprint density at radius 1 is 0.977 bits per heavy atom. The maximum absolute atomic E-state index is 14.9. The molecule has 43 heavy (non-hydrogen) atoms. The summed E-state index contributed by atoms with van der Waals surface area (Å²) in [6.07, 6.45) is -2.51. The van der Waals surface area contributed by atoms with Crippen LogP contribution in [0, 0.1) is 5.82 Å². The van der Waals surface area contributed by atoms with Gasteiger partial charge >= 0.3 is 6.18 Å². The zero-order chi connectivity index (χ0) is 30.9. The van der Waals surface area contributed by atoms with E-state index >= 15 is 0 Å². The van der Waals surface area contributed by atoms with Crippen LogP contribution in [0.15, 0.2) is 76.7 Å². The lowest BCUT2D eigenvalue weighted by Gasteiger charge is -2.47. The van der Waals surface area contributed by atoms with E-state index < -0.39 is 33.7 Å². The highest BCUT2D eigenvalue weighted by atomic mass is 32.2. The minimum atomic E-state index is -4.90. The van der Waals surface area contributed by atoms with Gasteiger partial charge in [-0.2, -0.15) is 13.2 Å². The summed E-state index contributed by atoms with van der Waals surface area (Å²) >= 11 is 0. The first-order valence-electron chi connectivity index (χ1n) is 13.3. The average molecular weight is 617 g/mol. The molecule has 5 rings (SSSR count). The van der Waals surface area contributed by atoms with Crippen molar-refractivity contribution < 1.29 is 30.8 Å². The van der Waals surface area contributed by atoms with Crippen molar-refractivity contribution in [3.8, 4) is 0 Å². The van der Waals surface area contributed by atoms with Crippen molar-refractivity contribution in [2.24, 2.45) is 4.99 Å². The lowest BCUT2D eigenvalue weighted by atomic mass is 9.89. The van der Waals surface area contributed by atoms with Crippen LogP contribution >= 0.6 is 0 Å². The van der Waals surface area contributed by atoms with Crippen molar-refractivity contribution >= 4 is 38.5 Å². The van der Waals surface area contributed by atoms with Crippen molar-refractivity contribution in [3.63, 3.8) is 0 Å². The number of amidine groups is 1. The smallest absolute Gasteiger partial charge is 0.325 e. The molecule has 1 fully saturated rings. The topological polar surface area (TPSA) is 107 Å². The molecule has 2 N–H and O–H groups in total. The van der Waals surface area contributed by atoms with E-state index in [1.807, 2.05) is 0 Å². The van der Waals surface area contributed by atoms with E-state index in [9.17, 15) is 30.8 Å². The first kappa shape index (κ1) is 30.3. The number of amides is 1. The van der Waals surface area contributed by atoms with Gasteiger partial charge in [-0.05, 0) is 42.0 Å². The van der Waals surface area contributed by atoms with Crippen LogP contribution in [-0.2, 0) is 14.6 Å². The van der Waals surface area contributed by atoms with E-state index in [0.717, 1.165) is 11.3 Å². The van der Waals surface area contributed by atoms with Gasteiger partial charge in [0.15, 0.2) is 9.84 Å². The lowest BCUT2D eigenvalue weighted by molar-refractivity contribution is -0.114. The molecule has 2 aromatic carbocycles. The van der Waals surface area contributed by atoms with Gasteiger partial charge in [-0.25, -0.2) is 22.8 Å². The van der Waals surface area contributed by atoms with Crippen molar-refractivity contribution in [3.05, 3.63) is 89.5 Å². The molecule has 0 bridgehead atoms. The normalized spacial score (nSPS) is 18.4. The first-order chi connectivity index (χ1) is 20.3. The molecule has 0 radical (unpaired) electrons. The number of hydrogen-bond acceptors (Lipinski definition) is 8. The highest BCUT2D eigenvalue weighted by Gasteiger charge is 2.49. The number of carbonyl (C=O) groups is 1. The SMILES string of the molecule is CC(=O)Nc1ccc(C2C(c3ccc(F)cc3)=C(c3ccc(S(C)(=O)=O)cc3)N=C(C(F)(F)F)N2N2CCNCC2)nc1. The number of rotatable bonds is 6. The Labute approximate surface area is 245 Å². The van der Waals surface area contributed by atoms with Gasteiger partial charge in [0.1, 0.15) is 11.9 Å². The Morgan fingerprint density at radius 2 is 1.60 bits per heavy atom. The molecule has 1 unspecified atom stereocenters. The standard InChI is InChI=1S/C29H28F4N6O3S/c1-18(40)36-22-9-12-24(35-17-22)27-25(19-3-7-21(30)8-4-19)26(20-5-10-23(11-6-20)43(2,41)42)37-28(29(31,32)33)39(27)38-15-13-34-14-16-38/h3-12,17,27,34H,13-16H2,1-2H3,(H,36,40). The number of alkyl halides is 3. The molecule has 226 valence electrons. The molecule has 0 aliphatic carbocycles. The number of nitrogens with one attached hydrogen (secondary N) is 2. The molecule has 9 nitrogen and oxygen atoms in total. The van der Waals surface area contributed by atoms with E-state index in [1.54, 1.807) is 11.1 Å². The number of aliphatic imine (C=N–C) groups is 1. The van der Waals surface area contributed by atoms with Crippen molar-refractivity contribution in [2.45, 2.75) is 24.0 Å². The second-order valence-electron chi connectivity index (χ2n) is 10.1. The van der Waals surface area contributed by atoms with Gasteiger partial charge in [-0.3, -0.25) is 14.8 Å².